The smallest absolute Gasteiger partial charge is 0.433 e. The van der Waals surface area contributed by atoms with E-state index < -0.39 is 47.5 Å². The zero-order valence-corrected chi connectivity index (χ0v) is 67.6. The number of H-pyrrole nitrogens is 1. The van der Waals surface area contributed by atoms with Crippen molar-refractivity contribution in [3.8, 4) is 62.2 Å². The van der Waals surface area contributed by atoms with E-state index in [1.807, 2.05) is 92.7 Å². The molecule has 4 amide bonds. The highest BCUT2D eigenvalue weighted by Gasteiger charge is 2.44. The molecule has 27 nitrogen and oxygen atoms in total. The summed E-state index contributed by atoms with van der Waals surface area (Å²) in [6.07, 6.45) is -11.7. The Morgan fingerprint density at radius 1 is 0.397 bits per heavy atom. The van der Waals surface area contributed by atoms with Crippen LogP contribution in [-0.2, 0) is 89.6 Å². The van der Waals surface area contributed by atoms with Crippen molar-refractivity contribution < 1.29 is 78.5 Å². The van der Waals surface area contributed by atoms with Crippen molar-refractivity contribution in [1.29, 1.82) is 5.26 Å². The third-order valence-corrected chi connectivity index (χ3v) is 20.9. The highest BCUT2D eigenvalue weighted by Crippen LogP contribution is 2.43. The molecule has 0 atom stereocenters. The summed E-state index contributed by atoms with van der Waals surface area (Å²) in [6, 6.07) is 53.5. The number of aromatic carboxylic acids is 2. The number of tetrazole rings is 1. The number of nitriles is 1. The number of hydrogen-bond donors (Lipinski definition) is 3. The Balaban J connectivity index is 0.000000137. The molecule has 3 N–H and O–H groups in total. The number of carbonyl (C=O) groups excluding carboxylic acids is 4. The van der Waals surface area contributed by atoms with Crippen molar-refractivity contribution in [3.05, 3.63) is 290 Å². The van der Waals surface area contributed by atoms with Crippen LogP contribution >= 0.6 is 0 Å². The number of pyridine rings is 2. The van der Waals surface area contributed by atoms with E-state index in [0.717, 1.165) is 44.6 Å². The van der Waals surface area contributed by atoms with Crippen LogP contribution in [0.3, 0.4) is 0 Å². The van der Waals surface area contributed by atoms with E-state index in [0.29, 0.717) is 81.8 Å². The monoisotopic (exact) mass is 1720 g/mol. The van der Waals surface area contributed by atoms with Gasteiger partial charge in [-0.25, -0.2) is 49.5 Å². The van der Waals surface area contributed by atoms with Gasteiger partial charge in [0.1, 0.15) is 46.6 Å². The van der Waals surface area contributed by atoms with Gasteiger partial charge >= 0.3 is 30.5 Å². The lowest BCUT2D eigenvalue weighted by atomic mass is 9.98. The summed E-state index contributed by atoms with van der Waals surface area (Å²) in [4.78, 5) is 120. The SMILES string of the molecule is Cc1nc(C)c2c(n1)N(Cc1ccc(-c3ccccc3C(=O)O)cc1)C(=O)CC2.Cc1nc2c(c(C(F)(F)F)n1)CCC(=O)N2Cc1ccc(-c2ccccc2C#N)cc1.Cc1nc2c(c(C(F)(F)F)n1)CCC(=O)N2Cc1ccc(-c2ccccc2C(=O)O)nc1.Cc1nc2c(c(C(F)(F)F)n1)CCC(=O)N2Cc1cccc(-c2ccccc2-c2nn[nH]n2)n1. The van der Waals surface area contributed by atoms with Gasteiger partial charge in [-0.3, -0.25) is 48.7 Å². The van der Waals surface area contributed by atoms with Crippen molar-refractivity contribution in [2.24, 2.45) is 0 Å². The maximum atomic E-state index is 13.6. The number of aromatic nitrogens is 14. The van der Waals surface area contributed by atoms with Crippen LogP contribution in [0.25, 0.3) is 56.2 Å². The van der Waals surface area contributed by atoms with Gasteiger partial charge in [-0.15, -0.1) is 10.2 Å². The van der Waals surface area contributed by atoms with E-state index in [4.69, 9.17) is 0 Å². The molecule has 0 bridgehead atoms. The van der Waals surface area contributed by atoms with Crippen LogP contribution in [0.15, 0.2) is 182 Å². The minimum Gasteiger partial charge on any atom is -0.478 e. The Labute approximate surface area is 711 Å². The fraction of sp³-hybridized carbons (Fsp3) is 0.222. The third-order valence-electron chi connectivity index (χ3n) is 20.9. The fourth-order valence-electron chi connectivity index (χ4n) is 15.1. The second-order valence-corrected chi connectivity index (χ2v) is 29.4. The van der Waals surface area contributed by atoms with E-state index in [1.165, 1.54) is 47.7 Å². The Kier molecular flexibility index (Phi) is 25.1. The molecule has 36 heteroatoms. The van der Waals surface area contributed by atoms with Gasteiger partial charge in [0.25, 0.3) is 0 Å². The Bertz CT molecular complexity index is 6430. The third kappa shape index (κ3) is 19.3. The summed E-state index contributed by atoms with van der Waals surface area (Å²) in [7, 11) is 0. The molecule has 11 heterocycles. The number of nitrogens with zero attached hydrogens (tertiary/aromatic N) is 18. The van der Waals surface area contributed by atoms with Gasteiger partial charge in [-0.2, -0.15) is 50.0 Å². The zero-order valence-electron chi connectivity index (χ0n) is 67.6. The number of fused-ring (bicyclic) bond motifs is 4. The Hall–Kier alpha value is -15.3. The molecule has 126 heavy (non-hydrogen) atoms. The van der Waals surface area contributed by atoms with Crippen LogP contribution in [0.4, 0.5) is 62.8 Å². The first kappa shape index (κ1) is 87.1. The fourth-order valence-corrected chi connectivity index (χ4v) is 15.1. The number of halogens is 9. The summed E-state index contributed by atoms with van der Waals surface area (Å²) < 4.78 is 121. The van der Waals surface area contributed by atoms with Crippen LogP contribution in [-0.4, -0.2) is 116 Å². The lowest BCUT2D eigenvalue weighted by Gasteiger charge is -2.30. The summed E-state index contributed by atoms with van der Waals surface area (Å²) in [5, 5.41) is 42.1. The molecule has 638 valence electrons. The first-order valence-corrected chi connectivity index (χ1v) is 39.1. The van der Waals surface area contributed by atoms with Crippen molar-refractivity contribution >= 4 is 58.8 Å². The van der Waals surface area contributed by atoms with Gasteiger partial charge in [0.05, 0.1) is 66.0 Å². The van der Waals surface area contributed by atoms with Crippen molar-refractivity contribution in [3.63, 3.8) is 0 Å². The van der Waals surface area contributed by atoms with Crippen LogP contribution < -0.4 is 19.6 Å². The number of carboxylic acids is 2. The summed E-state index contributed by atoms with van der Waals surface area (Å²) >= 11 is 0. The van der Waals surface area contributed by atoms with E-state index in [1.54, 1.807) is 95.9 Å². The maximum Gasteiger partial charge on any atom is 0.433 e. The standard InChI is InChI=1S/C23H17F3N4O.C23H21N3O3.C22H17F3N8O.C22H17F3N4O3/c1-14-28-21(23(24,25)26)19-10-11-20(31)30(22(19)29-14)13-15-6-8-16(9-7-15)18-5-3-2-4-17(18)12-27;1-14-18-11-12-21(27)26(22(18)25-15(2)24-14)13-16-7-9-17(10-8-16)19-5-3-4-6-20(19)23(28)29;1-12-26-19(22(23,24)25)16-9-10-18(34)33(21(16)27-12)11-13-5-4-8-17(28-13)14-6-2-3-7-15(14)20-29-31-32-30-20;1-12-27-19(22(23,24)25)16-7-9-18(30)29(20(16)28-12)11-13-6-8-17(26-10-13)14-4-2-3-5-15(14)21(31)32/h2-9H,10-11,13H2,1H3;3-10H,11-13H2,1-2H3,(H,28,29);2-8H,9-11H2,1H3,(H,29,30,31,32);2-6,8,10H,7,9,11H2,1H3,(H,31,32). The number of rotatable bonds is 15. The van der Waals surface area contributed by atoms with E-state index in [2.05, 4.69) is 76.5 Å². The maximum absolute atomic E-state index is 13.6. The van der Waals surface area contributed by atoms with E-state index >= 15 is 0 Å². The average molecular weight is 1720 g/mol. The van der Waals surface area contributed by atoms with Gasteiger partial charge in [0, 0.05) is 76.5 Å². The number of carboxylic acid groups (broad SMARTS) is 2. The van der Waals surface area contributed by atoms with Crippen molar-refractivity contribution in [2.75, 3.05) is 19.6 Å². The van der Waals surface area contributed by atoms with Gasteiger partial charge < -0.3 is 10.2 Å². The van der Waals surface area contributed by atoms with Crippen LogP contribution in [0.5, 0.6) is 0 Å². The van der Waals surface area contributed by atoms with Gasteiger partial charge in [-0.05, 0) is 141 Å². The lowest BCUT2D eigenvalue weighted by Crippen LogP contribution is -2.37. The van der Waals surface area contributed by atoms with Gasteiger partial charge in [-0.1, -0.05) is 140 Å². The van der Waals surface area contributed by atoms with Crippen molar-refractivity contribution in [2.45, 2.75) is 131 Å². The highest BCUT2D eigenvalue weighted by molar-refractivity contribution is 6.00. The summed E-state index contributed by atoms with van der Waals surface area (Å²) in [5.74, 6) is -1.38. The number of hydrogen-bond acceptors (Lipinski definition) is 20. The molecule has 4 aliphatic rings. The van der Waals surface area contributed by atoms with Crippen LogP contribution in [0.2, 0.25) is 0 Å². The number of carbonyl (C=O) groups is 6. The molecule has 0 radical (unpaired) electrons. The van der Waals surface area contributed by atoms with Crippen LogP contribution in [0.1, 0.15) is 143 Å². The topological polar surface area (TPSA) is 363 Å². The molecule has 0 saturated carbocycles. The number of aryl methyl sites for hydroxylation is 5. The molecule has 0 fully saturated rings. The normalized spacial score (nSPS) is 13.6. The number of alkyl halides is 9. The average Bonchev–Trinajstić information content (AvgIpc) is 0.820. The summed E-state index contributed by atoms with van der Waals surface area (Å²) in [6.45, 7) is 8.36. The molecule has 0 unspecified atom stereocenters. The molecule has 0 aliphatic carbocycles. The number of aromatic amines is 1. The molecule has 6 aromatic carbocycles. The Morgan fingerprint density at radius 3 is 1.23 bits per heavy atom. The van der Waals surface area contributed by atoms with Gasteiger partial charge in [0.15, 0.2) is 17.1 Å². The molecular formula is C90H72F9N19O8. The quantitative estimate of drug-likeness (QED) is 0.0802. The van der Waals surface area contributed by atoms with Crippen LogP contribution in [0, 0.1) is 45.9 Å². The summed E-state index contributed by atoms with van der Waals surface area (Å²) in [5.41, 5.74) is 8.43. The lowest BCUT2D eigenvalue weighted by molar-refractivity contribution is -0.143. The minimum atomic E-state index is -4.65. The molecule has 4 aliphatic heterocycles. The molecular weight excluding hydrogens is 1650 g/mol. The van der Waals surface area contributed by atoms with Crippen molar-refractivity contribution in [1.82, 2.24) is 70.5 Å². The molecule has 0 saturated heterocycles. The van der Waals surface area contributed by atoms with E-state index in [-0.39, 0.29) is 145 Å². The number of anilines is 4. The zero-order chi connectivity index (χ0) is 89.6. The minimum absolute atomic E-state index is 0.0181. The number of amides is 4. The number of benzene rings is 6. The highest BCUT2D eigenvalue weighted by atomic mass is 19.4. The second kappa shape index (κ2) is 36.4. The molecule has 7 aromatic heterocycles. The number of nitrogens with one attached hydrogen (secondary N) is 1. The van der Waals surface area contributed by atoms with E-state index in [9.17, 15) is 83.8 Å². The molecule has 17 rings (SSSR count). The first-order valence-electron chi connectivity index (χ1n) is 39.1. The first-order chi connectivity index (χ1) is 60.2. The molecule has 0 spiro atoms. The Morgan fingerprint density at radius 2 is 0.786 bits per heavy atom. The predicted octanol–water partition coefficient (Wildman–Crippen LogP) is 16.3. The predicted molar refractivity (Wildman–Crippen MR) is 440 cm³/mol. The largest absolute Gasteiger partial charge is 0.478 e. The molecule has 13 aromatic rings. The van der Waals surface area contributed by atoms with Gasteiger partial charge in [0.2, 0.25) is 29.5 Å². The second-order valence-electron chi connectivity index (χ2n) is 29.4.